The maximum absolute atomic E-state index is 8.86. The highest BCUT2D eigenvalue weighted by atomic mass is 16.3. The Morgan fingerprint density at radius 3 is 2.62 bits per heavy atom. The van der Waals surface area contributed by atoms with Gasteiger partial charge in [0.15, 0.2) is 0 Å². The van der Waals surface area contributed by atoms with E-state index in [1.165, 1.54) is 25.8 Å². The van der Waals surface area contributed by atoms with Crippen LogP contribution in [0.15, 0.2) is 0 Å². The molecule has 0 aromatic carbocycles. The summed E-state index contributed by atoms with van der Waals surface area (Å²) in [4.78, 5) is 2.43. The largest absolute Gasteiger partial charge is 0.396 e. The monoisotopic (exact) mass is 185 g/mol. The van der Waals surface area contributed by atoms with E-state index < -0.39 is 0 Å². The summed E-state index contributed by atoms with van der Waals surface area (Å²) in [5, 5.41) is 8.86. The van der Waals surface area contributed by atoms with Crippen LogP contribution in [-0.2, 0) is 0 Å². The lowest BCUT2D eigenvalue weighted by atomic mass is 10.0. The van der Waals surface area contributed by atoms with E-state index in [-0.39, 0.29) is 0 Å². The fourth-order valence-electron chi connectivity index (χ4n) is 1.86. The minimum Gasteiger partial charge on any atom is -0.396 e. The van der Waals surface area contributed by atoms with Gasteiger partial charge in [-0.2, -0.15) is 0 Å². The van der Waals surface area contributed by atoms with Crippen LogP contribution in [0.4, 0.5) is 0 Å². The van der Waals surface area contributed by atoms with Gasteiger partial charge in [0.1, 0.15) is 0 Å². The number of nitrogens with zero attached hydrogens (tertiary/aromatic N) is 1. The van der Waals surface area contributed by atoms with Crippen LogP contribution in [0, 0.1) is 11.8 Å². The van der Waals surface area contributed by atoms with Crippen LogP contribution in [0.1, 0.15) is 32.6 Å². The molecule has 0 heterocycles. The summed E-state index contributed by atoms with van der Waals surface area (Å²) < 4.78 is 0. The summed E-state index contributed by atoms with van der Waals surface area (Å²) >= 11 is 0. The molecule has 1 aliphatic carbocycles. The zero-order valence-corrected chi connectivity index (χ0v) is 9.00. The number of aliphatic hydroxyl groups is 1. The zero-order valence-electron chi connectivity index (χ0n) is 9.00. The Morgan fingerprint density at radius 2 is 2.15 bits per heavy atom. The number of rotatable bonds is 7. The number of hydrogen-bond donors (Lipinski definition) is 1. The molecule has 0 amide bonds. The minimum atomic E-state index is 0.343. The molecule has 0 bridgehead atoms. The van der Waals surface area contributed by atoms with Crippen molar-refractivity contribution in [1.29, 1.82) is 0 Å². The predicted molar refractivity (Wildman–Crippen MR) is 55.7 cm³/mol. The van der Waals surface area contributed by atoms with Gasteiger partial charge in [-0.05, 0) is 38.1 Å². The molecule has 1 aliphatic rings. The minimum absolute atomic E-state index is 0.343. The third kappa shape index (κ3) is 4.63. The second kappa shape index (κ2) is 5.61. The molecule has 0 aromatic heterocycles. The Bertz CT molecular complexity index is 134. The molecule has 0 aromatic rings. The first-order valence-electron chi connectivity index (χ1n) is 5.55. The molecule has 1 rings (SSSR count). The van der Waals surface area contributed by atoms with Crippen LogP contribution in [0.5, 0.6) is 0 Å². The molecule has 1 unspecified atom stereocenters. The van der Waals surface area contributed by atoms with Gasteiger partial charge >= 0.3 is 0 Å². The lowest BCUT2D eigenvalue weighted by Gasteiger charge is -2.22. The van der Waals surface area contributed by atoms with Gasteiger partial charge in [-0.15, -0.1) is 0 Å². The molecule has 1 atom stereocenters. The van der Waals surface area contributed by atoms with E-state index in [1.807, 2.05) is 0 Å². The first kappa shape index (κ1) is 11.0. The van der Waals surface area contributed by atoms with Crippen molar-refractivity contribution < 1.29 is 5.11 Å². The van der Waals surface area contributed by atoms with E-state index in [1.54, 1.807) is 0 Å². The first-order valence-corrected chi connectivity index (χ1v) is 5.55. The highest BCUT2D eigenvalue weighted by Gasteiger charge is 2.23. The van der Waals surface area contributed by atoms with Crippen LogP contribution < -0.4 is 0 Å². The summed E-state index contributed by atoms with van der Waals surface area (Å²) in [6.07, 6.45) is 5.02. The highest BCUT2D eigenvalue weighted by molar-refractivity contribution is 4.76. The fraction of sp³-hybridized carbons (Fsp3) is 1.00. The van der Waals surface area contributed by atoms with Gasteiger partial charge < -0.3 is 10.0 Å². The van der Waals surface area contributed by atoms with Crippen LogP contribution in [0.25, 0.3) is 0 Å². The van der Waals surface area contributed by atoms with Crippen molar-refractivity contribution in [1.82, 2.24) is 4.90 Å². The Labute approximate surface area is 81.9 Å². The lowest BCUT2D eigenvalue weighted by molar-refractivity contribution is 0.208. The van der Waals surface area contributed by atoms with E-state index in [2.05, 4.69) is 18.9 Å². The Hall–Kier alpha value is -0.0800. The summed E-state index contributed by atoms with van der Waals surface area (Å²) in [5.41, 5.74) is 0. The van der Waals surface area contributed by atoms with Crippen molar-refractivity contribution in [3.63, 3.8) is 0 Å². The van der Waals surface area contributed by atoms with Crippen LogP contribution in [0.3, 0.4) is 0 Å². The van der Waals surface area contributed by atoms with E-state index in [0.29, 0.717) is 12.5 Å². The Morgan fingerprint density at radius 1 is 1.46 bits per heavy atom. The topological polar surface area (TPSA) is 23.5 Å². The maximum Gasteiger partial charge on any atom is 0.0434 e. The second-order valence-corrected chi connectivity index (χ2v) is 4.45. The van der Waals surface area contributed by atoms with Gasteiger partial charge in [0.2, 0.25) is 0 Å². The molecule has 0 aliphatic heterocycles. The van der Waals surface area contributed by atoms with Crippen LogP contribution >= 0.6 is 0 Å². The van der Waals surface area contributed by atoms with Gasteiger partial charge in [0, 0.05) is 19.7 Å². The van der Waals surface area contributed by atoms with Crippen LogP contribution in [-0.4, -0.2) is 36.8 Å². The van der Waals surface area contributed by atoms with Crippen molar-refractivity contribution in [3.05, 3.63) is 0 Å². The molecule has 13 heavy (non-hydrogen) atoms. The fourth-order valence-corrected chi connectivity index (χ4v) is 1.86. The summed E-state index contributed by atoms with van der Waals surface area (Å²) in [6, 6.07) is 0. The zero-order chi connectivity index (χ0) is 9.68. The van der Waals surface area contributed by atoms with Gasteiger partial charge in [-0.3, -0.25) is 0 Å². The third-order valence-corrected chi connectivity index (χ3v) is 2.95. The SMILES string of the molecule is CCC(CCO)CN(C)CC1CC1. The van der Waals surface area contributed by atoms with Gasteiger partial charge in [0.05, 0.1) is 0 Å². The summed E-state index contributed by atoms with van der Waals surface area (Å²) in [5.74, 6) is 1.67. The molecule has 0 radical (unpaired) electrons. The first-order chi connectivity index (χ1) is 6.26. The van der Waals surface area contributed by atoms with Crippen molar-refractivity contribution >= 4 is 0 Å². The van der Waals surface area contributed by atoms with Crippen LogP contribution in [0.2, 0.25) is 0 Å². The Balaban J connectivity index is 2.10. The average molecular weight is 185 g/mol. The molecule has 1 N–H and O–H groups in total. The maximum atomic E-state index is 8.86. The van der Waals surface area contributed by atoms with E-state index in [4.69, 9.17) is 5.11 Å². The van der Waals surface area contributed by atoms with Crippen molar-refractivity contribution in [2.45, 2.75) is 32.6 Å². The Kier molecular flexibility index (Phi) is 4.74. The predicted octanol–water partition coefficient (Wildman–Crippen LogP) is 1.74. The van der Waals surface area contributed by atoms with Gasteiger partial charge in [0.25, 0.3) is 0 Å². The number of hydrogen-bond acceptors (Lipinski definition) is 2. The molecule has 0 saturated heterocycles. The van der Waals surface area contributed by atoms with Crippen molar-refractivity contribution in [3.8, 4) is 0 Å². The van der Waals surface area contributed by atoms with Crippen molar-refractivity contribution in [2.75, 3.05) is 26.7 Å². The van der Waals surface area contributed by atoms with Crippen molar-refractivity contribution in [2.24, 2.45) is 11.8 Å². The van der Waals surface area contributed by atoms with E-state index in [0.717, 1.165) is 18.9 Å². The number of aliphatic hydroxyl groups excluding tert-OH is 1. The normalized spacial score (nSPS) is 19.4. The highest BCUT2D eigenvalue weighted by Crippen LogP contribution is 2.29. The standard InChI is InChI=1S/C11H23NO/c1-3-10(6-7-13)8-12(2)9-11-4-5-11/h10-11,13H,3-9H2,1-2H3. The molecule has 2 heteroatoms. The molecule has 2 nitrogen and oxygen atoms in total. The molecular formula is C11H23NO. The summed E-state index contributed by atoms with van der Waals surface area (Å²) in [6.45, 7) is 4.98. The lowest BCUT2D eigenvalue weighted by Crippen LogP contribution is -2.27. The smallest absolute Gasteiger partial charge is 0.0434 e. The van der Waals surface area contributed by atoms with Gasteiger partial charge in [-0.1, -0.05) is 13.3 Å². The molecule has 1 saturated carbocycles. The molecule has 1 fully saturated rings. The second-order valence-electron chi connectivity index (χ2n) is 4.45. The van der Waals surface area contributed by atoms with E-state index in [9.17, 15) is 0 Å². The average Bonchev–Trinajstić information content (AvgIpc) is 2.87. The summed E-state index contributed by atoms with van der Waals surface area (Å²) in [7, 11) is 2.21. The van der Waals surface area contributed by atoms with E-state index >= 15 is 0 Å². The third-order valence-electron chi connectivity index (χ3n) is 2.95. The van der Waals surface area contributed by atoms with Gasteiger partial charge in [-0.25, -0.2) is 0 Å². The quantitative estimate of drug-likeness (QED) is 0.653. The molecule has 78 valence electrons. The molecular weight excluding hydrogens is 162 g/mol. The molecule has 0 spiro atoms.